The number of nitrogens with two attached hydrogens (primary N) is 1. The molecule has 1 saturated carbocycles. The van der Waals surface area contributed by atoms with E-state index < -0.39 is 10.0 Å². The van der Waals surface area contributed by atoms with Crippen molar-refractivity contribution in [2.24, 2.45) is 0 Å². The molecule has 1 aromatic rings. The monoisotopic (exact) mass is 256 g/mol. The fraction of sp³-hybridized carbons (Fsp3) is 0.455. The van der Waals surface area contributed by atoms with Gasteiger partial charge in [-0.05, 0) is 25.0 Å². The summed E-state index contributed by atoms with van der Waals surface area (Å²) in [5.41, 5.74) is 6.09. The smallest absolute Gasteiger partial charge is 0.243 e. The van der Waals surface area contributed by atoms with Crippen LogP contribution in [0.5, 0.6) is 5.75 Å². The first kappa shape index (κ1) is 12.2. The average molecular weight is 256 g/mol. The fourth-order valence-electron chi connectivity index (χ4n) is 1.65. The first-order valence-corrected chi connectivity index (χ1v) is 6.82. The molecule has 1 aliphatic rings. The number of hydrogen-bond acceptors (Lipinski definition) is 4. The van der Waals surface area contributed by atoms with Crippen molar-refractivity contribution in [2.75, 3.05) is 19.9 Å². The third kappa shape index (κ3) is 2.23. The minimum Gasteiger partial charge on any atom is -0.495 e. The zero-order valence-corrected chi connectivity index (χ0v) is 10.7. The fourth-order valence-corrected chi connectivity index (χ4v) is 3.08. The Labute approximate surface area is 101 Å². The Morgan fingerprint density at radius 1 is 1.41 bits per heavy atom. The number of rotatable bonds is 4. The topological polar surface area (TPSA) is 72.6 Å². The normalized spacial score (nSPS) is 16.2. The standard InChI is InChI=1S/C11H16N2O3S/c1-13(8-3-4-8)17(14,15)9-5-6-10(12)11(7-9)16-2/h5-8H,3-4,12H2,1-2H3. The van der Waals surface area contributed by atoms with Gasteiger partial charge in [-0.15, -0.1) is 0 Å². The molecule has 0 radical (unpaired) electrons. The van der Waals surface area contributed by atoms with Crippen LogP contribution in [0.4, 0.5) is 5.69 Å². The molecule has 1 fully saturated rings. The Balaban J connectivity index is 2.38. The number of anilines is 1. The van der Waals surface area contributed by atoms with Gasteiger partial charge in [0, 0.05) is 19.2 Å². The van der Waals surface area contributed by atoms with E-state index in [4.69, 9.17) is 10.5 Å². The molecule has 6 heteroatoms. The Morgan fingerprint density at radius 2 is 2.06 bits per heavy atom. The molecule has 1 aromatic carbocycles. The molecule has 94 valence electrons. The number of nitrogen functional groups attached to an aromatic ring is 1. The number of nitrogens with zero attached hydrogens (tertiary/aromatic N) is 1. The van der Waals surface area contributed by atoms with E-state index in [0.717, 1.165) is 12.8 Å². The number of hydrogen-bond donors (Lipinski definition) is 1. The molecular weight excluding hydrogens is 240 g/mol. The number of sulfonamides is 1. The van der Waals surface area contributed by atoms with E-state index in [-0.39, 0.29) is 10.9 Å². The number of methoxy groups -OCH3 is 1. The Bertz CT molecular complexity index is 524. The van der Waals surface area contributed by atoms with Crippen LogP contribution in [0, 0.1) is 0 Å². The summed E-state index contributed by atoms with van der Waals surface area (Å²) in [7, 11) is -0.355. The molecular formula is C11H16N2O3S. The van der Waals surface area contributed by atoms with Gasteiger partial charge in [0.1, 0.15) is 5.75 Å². The predicted octanol–water partition coefficient (Wildman–Crippen LogP) is 1.06. The quantitative estimate of drug-likeness (QED) is 0.818. The maximum absolute atomic E-state index is 12.2. The highest BCUT2D eigenvalue weighted by atomic mass is 32.2. The molecule has 0 saturated heterocycles. The van der Waals surface area contributed by atoms with Gasteiger partial charge in [-0.25, -0.2) is 8.42 Å². The predicted molar refractivity (Wildman–Crippen MR) is 65.4 cm³/mol. The highest BCUT2D eigenvalue weighted by Gasteiger charge is 2.35. The zero-order chi connectivity index (χ0) is 12.6. The molecule has 2 rings (SSSR count). The summed E-state index contributed by atoms with van der Waals surface area (Å²) < 4.78 is 30.9. The van der Waals surface area contributed by atoms with Gasteiger partial charge >= 0.3 is 0 Å². The second-order valence-electron chi connectivity index (χ2n) is 4.16. The minimum absolute atomic E-state index is 0.142. The first-order chi connectivity index (χ1) is 7.96. The lowest BCUT2D eigenvalue weighted by Gasteiger charge is -2.17. The van der Waals surface area contributed by atoms with E-state index in [2.05, 4.69) is 0 Å². The van der Waals surface area contributed by atoms with Gasteiger partial charge in [-0.2, -0.15) is 4.31 Å². The van der Waals surface area contributed by atoms with Crippen LogP contribution in [0.1, 0.15) is 12.8 Å². The molecule has 2 N–H and O–H groups in total. The Kier molecular flexibility index (Phi) is 3.01. The van der Waals surface area contributed by atoms with E-state index in [1.54, 1.807) is 13.1 Å². The molecule has 0 amide bonds. The lowest BCUT2D eigenvalue weighted by molar-refractivity contribution is 0.414. The van der Waals surface area contributed by atoms with Gasteiger partial charge in [0.05, 0.1) is 17.7 Å². The number of ether oxygens (including phenoxy) is 1. The lowest BCUT2D eigenvalue weighted by Crippen LogP contribution is -2.28. The molecule has 0 bridgehead atoms. The highest BCUT2D eigenvalue weighted by Crippen LogP contribution is 2.32. The van der Waals surface area contributed by atoms with E-state index in [0.29, 0.717) is 11.4 Å². The van der Waals surface area contributed by atoms with Crippen molar-refractivity contribution in [1.29, 1.82) is 0 Å². The van der Waals surface area contributed by atoms with Crippen LogP contribution >= 0.6 is 0 Å². The summed E-state index contributed by atoms with van der Waals surface area (Å²) in [5.74, 6) is 0.385. The van der Waals surface area contributed by atoms with Crippen molar-refractivity contribution in [3.63, 3.8) is 0 Å². The summed E-state index contributed by atoms with van der Waals surface area (Å²) in [6.45, 7) is 0. The number of benzene rings is 1. The SMILES string of the molecule is COc1cc(S(=O)(=O)N(C)C2CC2)ccc1N. The van der Waals surface area contributed by atoms with Crippen molar-refractivity contribution in [1.82, 2.24) is 4.31 Å². The summed E-state index contributed by atoms with van der Waals surface area (Å²) in [4.78, 5) is 0.220. The summed E-state index contributed by atoms with van der Waals surface area (Å²) in [6.07, 6.45) is 1.86. The van der Waals surface area contributed by atoms with Crippen LogP contribution in [0.15, 0.2) is 23.1 Å². The van der Waals surface area contributed by atoms with Gasteiger partial charge in [0.25, 0.3) is 0 Å². The molecule has 0 spiro atoms. The van der Waals surface area contributed by atoms with Crippen molar-refractivity contribution >= 4 is 15.7 Å². The second-order valence-corrected chi connectivity index (χ2v) is 6.15. The van der Waals surface area contributed by atoms with Crippen molar-refractivity contribution < 1.29 is 13.2 Å². The van der Waals surface area contributed by atoms with Gasteiger partial charge in [-0.3, -0.25) is 0 Å². The van der Waals surface area contributed by atoms with Crippen molar-refractivity contribution in [2.45, 2.75) is 23.8 Å². The summed E-state index contributed by atoms with van der Waals surface area (Å²) in [5, 5.41) is 0. The van der Waals surface area contributed by atoms with Crippen LogP contribution in [0.2, 0.25) is 0 Å². The minimum atomic E-state index is -3.43. The van der Waals surface area contributed by atoms with Gasteiger partial charge in [-0.1, -0.05) is 0 Å². The van der Waals surface area contributed by atoms with Crippen LogP contribution in [0.25, 0.3) is 0 Å². The zero-order valence-electron chi connectivity index (χ0n) is 9.88. The van der Waals surface area contributed by atoms with Gasteiger partial charge in [0.2, 0.25) is 10.0 Å². The molecule has 0 heterocycles. The lowest BCUT2D eigenvalue weighted by atomic mass is 10.3. The maximum Gasteiger partial charge on any atom is 0.243 e. The first-order valence-electron chi connectivity index (χ1n) is 5.38. The van der Waals surface area contributed by atoms with Crippen LogP contribution in [0.3, 0.4) is 0 Å². The molecule has 5 nitrogen and oxygen atoms in total. The molecule has 0 aromatic heterocycles. The van der Waals surface area contributed by atoms with Crippen molar-refractivity contribution in [3.8, 4) is 5.75 Å². The van der Waals surface area contributed by atoms with E-state index >= 15 is 0 Å². The van der Waals surface area contributed by atoms with Crippen LogP contribution in [-0.4, -0.2) is 32.9 Å². The largest absolute Gasteiger partial charge is 0.495 e. The molecule has 17 heavy (non-hydrogen) atoms. The third-order valence-electron chi connectivity index (χ3n) is 2.94. The molecule has 1 aliphatic carbocycles. The average Bonchev–Trinajstić information content (AvgIpc) is 3.12. The van der Waals surface area contributed by atoms with E-state index in [9.17, 15) is 8.42 Å². The van der Waals surface area contributed by atoms with Crippen LogP contribution in [-0.2, 0) is 10.0 Å². The second kappa shape index (κ2) is 4.19. The maximum atomic E-state index is 12.2. The van der Waals surface area contributed by atoms with Crippen molar-refractivity contribution in [3.05, 3.63) is 18.2 Å². The summed E-state index contributed by atoms with van der Waals surface area (Å²) >= 11 is 0. The highest BCUT2D eigenvalue weighted by molar-refractivity contribution is 7.89. The van der Waals surface area contributed by atoms with Gasteiger partial charge in [0.15, 0.2) is 0 Å². The van der Waals surface area contributed by atoms with Gasteiger partial charge < -0.3 is 10.5 Å². The van der Waals surface area contributed by atoms with E-state index in [1.165, 1.54) is 23.5 Å². The Morgan fingerprint density at radius 3 is 2.59 bits per heavy atom. The summed E-state index contributed by atoms with van der Waals surface area (Å²) in [6, 6.07) is 4.66. The molecule has 0 atom stereocenters. The van der Waals surface area contributed by atoms with Crippen LogP contribution < -0.4 is 10.5 Å². The van der Waals surface area contributed by atoms with E-state index in [1.807, 2.05) is 0 Å². The molecule has 0 unspecified atom stereocenters. The molecule has 0 aliphatic heterocycles. The Hall–Kier alpha value is -1.27. The third-order valence-corrected chi connectivity index (χ3v) is 4.85.